The number of hydrogen-bond donors (Lipinski definition) is 1. The highest BCUT2D eigenvalue weighted by atomic mass is 16.6. The zero-order valence-electron chi connectivity index (χ0n) is 17.4. The molecule has 0 spiro atoms. The maximum absolute atomic E-state index is 10.8. The van der Waals surface area contributed by atoms with Gasteiger partial charge < -0.3 is 19.4 Å². The molecular weight excluding hydrogens is 394 g/mol. The molecule has 0 fully saturated rings. The topological polar surface area (TPSA) is 77.4 Å². The van der Waals surface area contributed by atoms with Crippen molar-refractivity contribution in [2.45, 2.75) is 19.8 Å². The Bertz CT molecular complexity index is 1000. The van der Waals surface area contributed by atoms with Gasteiger partial charge in [-0.05, 0) is 66.1 Å². The lowest BCUT2D eigenvalue weighted by molar-refractivity contribution is -0.136. The monoisotopic (exact) mass is 419 g/mol. The van der Waals surface area contributed by atoms with E-state index >= 15 is 0 Å². The molecule has 0 amide bonds. The van der Waals surface area contributed by atoms with Crippen molar-refractivity contribution >= 4 is 11.7 Å². The lowest BCUT2D eigenvalue weighted by Crippen LogP contribution is -2.07. The average molecular weight is 419 g/mol. The highest BCUT2D eigenvalue weighted by Crippen LogP contribution is 2.21. The second-order valence-electron chi connectivity index (χ2n) is 6.73. The van der Waals surface area contributed by atoms with E-state index in [1.54, 1.807) is 24.3 Å². The van der Waals surface area contributed by atoms with Gasteiger partial charge in [-0.2, -0.15) is 0 Å². The van der Waals surface area contributed by atoms with Crippen LogP contribution in [0.1, 0.15) is 24.5 Å². The molecule has 0 bridgehead atoms. The standard InChI is InChI=1S/C25H25NO5/c1-2-24(20-11-13-22(14-12-20)31-21-8-4-3-5-9-21)26-30-16-15-29-23-10-6-7-19(17-23)18-25(27)28/h3-14,17H,2,15-16,18H2,1H3,(H,27,28)/b26-24+. The van der Waals surface area contributed by atoms with E-state index in [0.717, 1.165) is 29.2 Å². The number of carbonyl (C=O) groups is 1. The molecule has 6 nitrogen and oxygen atoms in total. The molecule has 0 aromatic heterocycles. The summed E-state index contributed by atoms with van der Waals surface area (Å²) in [6.45, 7) is 2.60. The average Bonchev–Trinajstić information content (AvgIpc) is 2.77. The molecule has 0 atom stereocenters. The molecule has 0 heterocycles. The van der Waals surface area contributed by atoms with Gasteiger partial charge in [0.2, 0.25) is 0 Å². The highest BCUT2D eigenvalue weighted by molar-refractivity contribution is 6.00. The maximum atomic E-state index is 10.8. The molecule has 0 aliphatic rings. The predicted molar refractivity (Wildman–Crippen MR) is 119 cm³/mol. The van der Waals surface area contributed by atoms with Gasteiger partial charge in [0, 0.05) is 0 Å². The second kappa shape index (κ2) is 11.4. The summed E-state index contributed by atoms with van der Waals surface area (Å²) in [6, 6.07) is 24.4. The third-order valence-corrected chi connectivity index (χ3v) is 4.37. The molecule has 1 N–H and O–H groups in total. The first-order valence-electron chi connectivity index (χ1n) is 10.1. The molecule has 0 saturated carbocycles. The summed E-state index contributed by atoms with van der Waals surface area (Å²) in [5, 5.41) is 13.1. The first kappa shape index (κ1) is 21.9. The Morgan fingerprint density at radius 3 is 2.29 bits per heavy atom. The number of nitrogens with zero attached hydrogens (tertiary/aromatic N) is 1. The van der Waals surface area contributed by atoms with E-state index in [1.807, 2.05) is 61.5 Å². The molecule has 0 aliphatic carbocycles. The normalized spacial score (nSPS) is 11.1. The molecule has 6 heteroatoms. The summed E-state index contributed by atoms with van der Waals surface area (Å²) in [5.41, 5.74) is 2.48. The Morgan fingerprint density at radius 1 is 0.871 bits per heavy atom. The van der Waals surface area contributed by atoms with Gasteiger partial charge in [0.1, 0.15) is 23.9 Å². The SMILES string of the molecule is CC/C(=N\OCCOc1cccc(CC(=O)O)c1)c1ccc(Oc2ccccc2)cc1. The van der Waals surface area contributed by atoms with Crippen molar-refractivity contribution in [3.05, 3.63) is 90.0 Å². The third kappa shape index (κ3) is 7.19. The molecule has 0 saturated heterocycles. The quantitative estimate of drug-likeness (QED) is 0.259. The smallest absolute Gasteiger partial charge is 0.307 e. The van der Waals surface area contributed by atoms with E-state index in [0.29, 0.717) is 17.9 Å². The molecule has 0 radical (unpaired) electrons. The van der Waals surface area contributed by atoms with Gasteiger partial charge >= 0.3 is 5.97 Å². The number of aliphatic carboxylic acids is 1. The zero-order chi connectivity index (χ0) is 21.9. The van der Waals surface area contributed by atoms with E-state index in [-0.39, 0.29) is 13.0 Å². The fraction of sp³-hybridized carbons (Fsp3) is 0.200. The fourth-order valence-corrected chi connectivity index (χ4v) is 2.90. The van der Waals surface area contributed by atoms with Crippen LogP contribution < -0.4 is 9.47 Å². The number of hydrogen-bond acceptors (Lipinski definition) is 5. The van der Waals surface area contributed by atoms with Crippen molar-refractivity contribution < 1.29 is 24.2 Å². The number of oxime groups is 1. The molecule has 3 rings (SSSR count). The summed E-state index contributed by atoms with van der Waals surface area (Å²) in [5.74, 6) is 1.28. The van der Waals surface area contributed by atoms with Crippen LogP contribution in [-0.4, -0.2) is 30.0 Å². The minimum Gasteiger partial charge on any atom is -0.490 e. The lowest BCUT2D eigenvalue weighted by atomic mass is 10.1. The Morgan fingerprint density at radius 2 is 1.58 bits per heavy atom. The van der Waals surface area contributed by atoms with E-state index in [9.17, 15) is 4.79 Å². The van der Waals surface area contributed by atoms with Gasteiger partial charge in [0.05, 0.1) is 12.1 Å². The minimum atomic E-state index is -0.874. The summed E-state index contributed by atoms with van der Waals surface area (Å²) in [4.78, 5) is 16.2. The van der Waals surface area contributed by atoms with E-state index in [2.05, 4.69) is 5.16 Å². The third-order valence-electron chi connectivity index (χ3n) is 4.37. The first-order chi connectivity index (χ1) is 15.1. The summed E-state index contributed by atoms with van der Waals surface area (Å²) >= 11 is 0. The first-order valence-corrected chi connectivity index (χ1v) is 10.1. The molecule has 160 valence electrons. The van der Waals surface area contributed by atoms with Crippen LogP contribution in [0, 0.1) is 0 Å². The number of rotatable bonds is 11. The maximum Gasteiger partial charge on any atom is 0.307 e. The summed E-state index contributed by atoms with van der Waals surface area (Å²) in [7, 11) is 0. The molecule has 0 unspecified atom stereocenters. The van der Waals surface area contributed by atoms with Gasteiger partial charge in [-0.25, -0.2) is 0 Å². The highest BCUT2D eigenvalue weighted by Gasteiger charge is 2.05. The van der Waals surface area contributed by atoms with Crippen LogP contribution >= 0.6 is 0 Å². The van der Waals surface area contributed by atoms with Crippen LogP contribution in [0.25, 0.3) is 0 Å². The Balaban J connectivity index is 1.48. The van der Waals surface area contributed by atoms with Gasteiger partial charge in [0.15, 0.2) is 6.61 Å². The Hall–Kier alpha value is -3.80. The van der Waals surface area contributed by atoms with Crippen LogP contribution in [-0.2, 0) is 16.1 Å². The van der Waals surface area contributed by atoms with Gasteiger partial charge in [-0.1, -0.05) is 42.4 Å². The number of carboxylic acids is 1. The van der Waals surface area contributed by atoms with Crippen LogP contribution in [0.5, 0.6) is 17.2 Å². The Kier molecular flexibility index (Phi) is 8.05. The minimum absolute atomic E-state index is 0.0347. The molecule has 3 aromatic carbocycles. The van der Waals surface area contributed by atoms with Crippen molar-refractivity contribution in [3.8, 4) is 17.2 Å². The fourth-order valence-electron chi connectivity index (χ4n) is 2.90. The summed E-state index contributed by atoms with van der Waals surface area (Å²) in [6.07, 6.45) is 0.685. The van der Waals surface area contributed by atoms with Crippen molar-refractivity contribution in [2.24, 2.45) is 5.16 Å². The number of benzene rings is 3. The van der Waals surface area contributed by atoms with Crippen LogP contribution in [0.2, 0.25) is 0 Å². The van der Waals surface area contributed by atoms with E-state index in [1.165, 1.54) is 0 Å². The molecule has 0 aliphatic heterocycles. The van der Waals surface area contributed by atoms with E-state index < -0.39 is 5.97 Å². The molecule has 3 aromatic rings. The van der Waals surface area contributed by atoms with Crippen LogP contribution in [0.15, 0.2) is 84.0 Å². The zero-order valence-corrected chi connectivity index (χ0v) is 17.4. The predicted octanol–water partition coefficient (Wildman–Crippen LogP) is 5.32. The van der Waals surface area contributed by atoms with Crippen molar-refractivity contribution in [1.82, 2.24) is 0 Å². The lowest BCUT2D eigenvalue weighted by Gasteiger charge is -2.09. The van der Waals surface area contributed by atoms with Crippen molar-refractivity contribution in [3.63, 3.8) is 0 Å². The molecular formula is C25H25NO5. The van der Waals surface area contributed by atoms with Crippen molar-refractivity contribution in [1.29, 1.82) is 0 Å². The Labute approximate surface area is 181 Å². The number of ether oxygens (including phenoxy) is 2. The van der Waals surface area contributed by atoms with Gasteiger partial charge in [0.25, 0.3) is 0 Å². The summed E-state index contributed by atoms with van der Waals surface area (Å²) < 4.78 is 11.4. The number of carboxylic acid groups (broad SMARTS) is 1. The van der Waals surface area contributed by atoms with Crippen molar-refractivity contribution in [2.75, 3.05) is 13.2 Å². The van der Waals surface area contributed by atoms with Crippen LogP contribution in [0.3, 0.4) is 0 Å². The van der Waals surface area contributed by atoms with Crippen LogP contribution in [0.4, 0.5) is 0 Å². The van der Waals surface area contributed by atoms with Gasteiger partial charge in [-0.3, -0.25) is 4.79 Å². The van der Waals surface area contributed by atoms with E-state index in [4.69, 9.17) is 19.4 Å². The van der Waals surface area contributed by atoms with Gasteiger partial charge in [-0.15, -0.1) is 0 Å². The number of para-hydroxylation sites is 1. The second-order valence-corrected chi connectivity index (χ2v) is 6.73. The molecule has 31 heavy (non-hydrogen) atoms. The largest absolute Gasteiger partial charge is 0.490 e.